The SMILES string of the molecule is N#CC=Cc1ccc([N+](=O)[O-])c(OCc2ccccc2)c1. The lowest BCUT2D eigenvalue weighted by Crippen LogP contribution is -1.99. The zero-order valence-electron chi connectivity index (χ0n) is 11.1. The Morgan fingerprint density at radius 1 is 1.24 bits per heavy atom. The molecule has 0 radical (unpaired) electrons. The van der Waals surface area contributed by atoms with E-state index < -0.39 is 4.92 Å². The van der Waals surface area contributed by atoms with E-state index in [1.165, 1.54) is 12.1 Å². The van der Waals surface area contributed by atoms with E-state index in [4.69, 9.17) is 10.00 Å². The lowest BCUT2D eigenvalue weighted by molar-refractivity contribution is -0.385. The van der Waals surface area contributed by atoms with E-state index in [0.717, 1.165) is 5.56 Å². The third kappa shape index (κ3) is 3.91. The summed E-state index contributed by atoms with van der Waals surface area (Å²) in [6.45, 7) is 0.243. The minimum absolute atomic E-state index is 0.0972. The van der Waals surface area contributed by atoms with Crippen LogP contribution in [-0.4, -0.2) is 4.92 Å². The first-order chi connectivity index (χ1) is 10.2. The maximum absolute atomic E-state index is 11.0. The summed E-state index contributed by atoms with van der Waals surface area (Å²) in [6, 6.07) is 15.8. The Morgan fingerprint density at radius 2 is 2.00 bits per heavy atom. The molecular weight excluding hydrogens is 268 g/mol. The van der Waals surface area contributed by atoms with Crippen molar-refractivity contribution in [1.29, 1.82) is 5.26 Å². The first-order valence-electron chi connectivity index (χ1n) is 6.22. The summed E-state index contributed by atoms with van der Waals surface area (Å²) in [6.07, 6.45) is 2.88. The number of hydrogen-bond acceptors (Lipinski definition) is 4. The van der Waals surface area contributed by atoms with Gasteiger partial charge in [0.15, 0.2) is 5.75 Å². The van der Waals surface area contributed by atoms with Gasteiger partial charge >= 0.3 is 5.69 Å². The lowest BCUT2D eigenvalue weighted by Gasteiger charge is -2.07. The average molecular weight is 280 g/mol. The van der Waals surface area contributed by atoms with Gasteiger partial charge in [0, 0.05) is 12.1 Å². The highest BCUT2D eigenvalue weighted by Gasteiger charge is 2.15. The molecule has 2 rings (SSSR count). The van der Waals surface area contributed by atoms with Crippen molar-refractivity contribution in [2.45, 2.75) is 6.61 Å². The van der Waals surface area contributed by atoms with Crippen molar-refractivity contribution in [2.75, 3.05) is 0 Å². The lowest BCUT2D eigenvalue weighted by atomic mass is 10.1. The molecule has 104 valence electrons. The van der Waals surface area contributed by atoms with E-state index in [1.807, 2.05) is 36.4 Å². The summed E-state index contributed by atoms with van der Waals surface area (Å²) >= 11 is 0. The molecule has 0 aliphatic rings. The van der Waals surface area contributed by atoms with Crippen LogP contribution in [0.1, 0.15) is 11.1 Å². The number of hydrogen-bond donors (Lipinski definition) is 0. The number of ether oxygens (including phenoxy) is 1. The van der Waals surface area contributed by atoms with E-state index in [2.05, 4.69) is 0 Å². The van der Waals surface area contributed by atoms with E-state index >= 15 is 0 Å². The van der Waals surface area contributed by atoms with Gasteiger partial charge in [-0.1, -0.05) is 30.3 Å². The highest BCUT2D eigenvalue weighted by Crippen LogP contribution is 2.29. The van der Waals surface area contributed by atoms with Gasteiger partial charge in [-0.2, -0.15) is 5.26 Å². The molecule has 0 unspecified atom stereocenters. The fraction of sp³-hybridized carbons (Fsp3) is 0.0625. The third-order valence-electron chi connectivity index (χ3n) is 2.77. The van der Waals surface area contributed by atoms with Gasteiger partial charge in [0.1, 0.15) is 6.61 Å². The number of benzene rings is 2. The van der Waals surface area contributed by atoms with Crippen LogP contribution in [0.3, 0.4) is 0 Å². The van der Waals surface area contributed by atoms with Gasteiger partial charge in [0.25, 0.3) is 0 Å². The average Bonchev–Trinajstić information content (AvgIpc) is 2.51. The molecule has 21 heavy (non-hydrogen) atoms. The minimum atomic E-state index is -0.488. The Kier molecular flexibility index (Phi) is 4.67. The number of allylic oxidation sites excluding steroid dienone is 1. The molecule has 0 N–H and O–H groups in total. The smallest absolute Gasteiger partial charge is 0.310 e. The van der Waals surface area contributed by atoms with Gasteiger partial charge in [-0.3, -0.25) is 10.1 Å². The van der Waals surface area contributed by atoms with Gasteiger partial charge < -0.3 is 4.74 Å². The van der Waals surface area contributed by atoms with E-state index in [9.17, 15) is 10.1 Å². The van der Waals surface area contributed by atoms with Crippen molar-refractivity contribution in [3.63, 3.8) is 0 Å². The zero-order chi connectivity index (χ0) is 15.1. The molecule has 5 nitrogen and oxygen atoms in total. The predicted octanol–water partition coefficient (Wildman–Crippen LogP) is 3.71. The highest BCUT2D eigenvalue weighted by atomic mass is 16.6. The molecule has 2 aromatic carbocycles. The molecular formula is C16H12N2O3. The van der Waals surface area contributed by atoms with Crippen LogP contribution in [-0.2, 0) is 6.61 Å². The van der Waals surface area contributed by atoms with E-state index in [0.29, 0.717) is 5.56 Å². The van der Waals surface area contributed by atoms with Crippen molar-refractivity contribution < 1.29 is 9.66 Å². The van der Waals surface area contributed by atoms with Crippen LogP contribution in [0.4, 0.5) is 5.69 Å². The number of nitro benzene ring substituents is 1. The Balaban J connectivity index is 2.24. The fourth-order valence-electron chi connectivity index (χ4n) is 1.77. The molecule has 0 saturated heterocycles. The summed E-state index contributed by atoms with van der Waals surface area (Å²) in [5.74, 6) is 0.184. The zero-order valence-corrected chi connectivity index (χ0v) is 11.1. The molecule has 0 bridgehead atoms. The van der Waals surface area contributed by atoms with Gasteiger partial charge in [0.2, 0.25) is 0 Å². The number of nitro groups is 1. The van der Waals surface area contributed by atoms with Crippen LogP contribution in [0.5, 0.6) is 5.75 Å². The summed E-state index contributed by atoms with van der Waals surface area (Å²) < 4.78 is 5.55. The monoisotopic (exact) mass is 280 g/mol. The molecule has 0 saturated carbocycles. The molecule has 5 heteroatoms. The first kappa shape index (κ1) is 14.3. The van der Waals surface area contributed by atoms with Crippen LogP contribution < -0.4 is 4.74 Å². The number of nitriles is 1. The maximum Gasteiger partial charge on any atom is 0.310 e. The van der Waals surface area contributed by atoms with Gasteiger partial charge in [-0.15, -0.1) is 0 Å². The second-order valence-electron chi connectivity index (χ2n) is 4.22. The van der Waals surface area contributed by atoms with Crippen LogP contribution in [0.2, 0.25) is 0 Å². The highest BCUT2D eigenvalue weighted by molar-refractivity contribution is 5.59. The maximum atomic E-state index is 11.0. The van der Waals surface area contributed by atoms with Crippen molar-refractivity contribution in [2.24, 2.45) is 0 Å². The first-order valence-corrected chi connectivity index (χ1v) is 6.22. The number of rotatable bonds is 5. The molecule has 0 aliphatic heterocycles. The van der Waals surface area contributed by atoms with Gasteiger partial charge in [-0.25, -0.2) is 0 Å². The number of nitrogens with zero attached hydrogens (tertiary/aromatic N) is 2. The molecule has 0 aromatic heterocycles. The molecule has 0 heterocycles. The molecule has 0 fully saturated rings. The summed E-state index contributed by atoms with van der Waals surface area (Å²) in [5, 5.41) is 19.5. The molecule has 0 spiro atoms. The normalized spacial score (nSPS) is 10.2. The van der Waals surface area contributed by atoms with E-state index in [-0.39, 0.29) is 18.0 Å². The summed E-state index contributed by atoms with van der Waals surface area (Å²) in [5.41, 5.74) is 1.50. The summed E-state index contributed by atoms with van der Waals surface area (Å²) in [7, 11) is 0. The van der Waals surface area contributed by atoms with Crippen molar-refractivity contribution in [1.82, 2.24) is 0 Å². The third-order valence-corrected chi connectivity index (χ3v) is 2.77. The van der Waals surface area contributed by atoms with Crippen LogP contribution in [0.15, 0.2) is 54.6 Å². The van der Waals surface area contributed by atoms with Crippen molar-refractivity contribution in [3.05, 3.63) is 75.8 Å². The Morgan fingerprint density at radius 3 is 2.67 bits per heavy atom. The second-order valence-corrected chi connectivity index (χ2v) is 4.22. The fourth-order valence-corrected chi connectivity index (χ4v) is 1.77. The van der Waals surface area contributed by atoms with E-state index in [1.54, 1.807) is 18.2 Å². The summed E-state index contributed by atoms with van der Waals surface area (Å²) in [4.78, 5) is 10.5. The minimum Gasteiger partial charge on any atom is -0.482 e. The largest absolute Gasteiger partial charge is 0.482 e. The van der Waals surface area contributed by atoms with Crippen molar-refractivity contribution >= 4 is 11.8 Å². The van der Waals surface area contributed by atoms with Gasteiger partial charge in [-0.05, 0) is 29.3 Å². The Labute approximate surface area is 121 Å². The standard InChI is InChI=1S/C16H12N2O3/c17-10-4-7-13-8-9-15(18(19)20)16(11-13)21-12-14-5-2-1-3-6-14/h1-9,11H,12H2. The molecule has 0 amide bonds. The molecule has 0 aliphatic carbocycles. The topological polar surface area (TPSA) is 76.2 Å². The van der Waals surface area contributed by atoms with Crippen LogP contribution in [0, 0.1) is 21.4 Å². The molecule has 2 aromatic rings. The van der Waals surface area contributed by atoms with Gasteiger partial charge in [0.05, 0.1) is 11.0 Å². The second kappa shape index (κ2) is 6.87. The van der Waals surface area contributed by atoms with Crippen molar-refractivity contribution in [3.8, 4) is 11.8 Å². The quantitative estimate of drug-likeness (QED) is 0.475. The van der Waals surface area contributed by atoms with Crippen LogP contribution >= 0.6 is 0 Å². The Bertz CT molecular complexity index is 703. The van der Waals surface area contributed by atoms with Crippen LogP contribution in [0.25, 0.3) is 6.08 Å². The Hall–Kier alpha value is -3.13. The predicted molar refractivity (Wildman–Crippen MR) is 78.5 cm³/mol. The molecule has 0 atom stereocenters.